The first-order chi connectivity index (χ1) is 18.0. The smallest absolute Gasteiger partial charge is 0.262 e. The lowest BCUT2D eigenvalue weighted by molar-refractivity contribution is -0.130. The second kappa shape index (κ2) is 11.7. The molecule has 1 amide bonds. The third-order valence-corrected chi connectivity index (χ3v) is 8.25. The molecule has 196 valence electrons. The van der Waals surface area contributed by atoms with Gasteiger partial charge in [-0.2, -0.15) is 0 Å². The summed E-state index contributed by atoms with van der Waals surface area (Å²) < 4.78 is 7.25. The summed E-state index contributed by atoms with van der Waals surface area (Å²) in [7, 11) is 0. The maximum atomic E-state index is 13.8. The molecule has 37 heavy (non-hydrogen) atoms. The second-order valence-electron chi connectivity index (χ2n) is 10.4. The van der Waals surface area contributed by atoms with Crippen LogP contribution < -0.4 is 10.5 Å². The van der Waals surface area contributed by atoms with Gasteiger partial charge in [-0.1, -0.05) is 55.9 Å². The fourth-order valence-electron chi connectivity index (χ4n) is 5.48. The summed E-state index contributed by atoms with van der Waals surface area (Å²) >= 11 is 1.38. The van der Waals surface area contributed by atoms with Gasteiger partial charge in [0, 0.05) is 38.4 Å². The van der Waals surface area contributed by atoms with Crippen LogP contribution in [0.15, 0.2) is 58.5 Å². The minimum Gasteiger partial charge on any atom is -0.378 e. The highest BCUT2D eigenvalue weighted by Gasteiger charge is 2.26. The van der Waals surface area contributed by atoms with E-state index in [-0.39, 0.29) is 17.2 Å². The van der Waals surface area contributed by atoms with Crippen LogP contribution in [0.2, 0.25) is 0 Å². The highest BCUT2D eigenvalue weighted by atomic mass is 32.2. The minimum absolute atomic E-state index is 0.0498. The normalized spacial score (nSPS) is 20.4. The molecule has 0 unspecified atom stereocenters. The van der Waals surface area contributed by atoms with Crippen molar-refractivity contribution in [1.82, 2.24) is 14.5 Å². The Morgan fingerprint density at radius 1 is 1.05 bits per heavy atom. The molecule has 3 heterocycles. The summed E-state index contributed by atoms with van der Waals surface area (Å²) in [6.07, 6.45) is 1.88. The van der Waals surface area contributed by atoms with Crippen molar-refractivity contribution < 1.29 is 9.53 Å². The molecule has 0 spiro atoms. The first-order valence-electron chi connectivity index (χ1n) is 13.3. The molecule has 0 saturated carbocycles. The molecular formula is C29H36N4O3S. The molecule has 2 aromatic carbocycles. The zero-order valence-corrected chi connectivity index (χ0v) is 22.6. The summed E-state index contributed by atoms with van der Waals surface area (Å²) in [5.74, 6) is 1.44. The molecule has 2 saturated heterocycles. The Bertz CT molecular complexity index is 1280. The second-order valence-corrected chi connectivity index (χ2v) is 11.4. The molecular weight excluding hydrogens is 484 g/mol. The lowest BCUT2D eigenvalue weighted by atomic mass is 9.92. The molecule has 8 heteroatoms. The molecule has 3 aromatic rings. The van der Waals surface area contributed by atoms with E-state index in [9.17, 15) is 9.59 Å². The van der Waals surface area contributed by atoms with Crippen molar-refractivity contribution in [2.24, 2.45) is 11.8 Å². The molecule has 0 bridgehead atoms. The number of aromatic nitrogens is 2. The van der Waals surface area contributed by atoms with E-state index in [1.165, 1.54) is 17.3 Å². The highest BCUT2D eigenvalue weighted by molar-refractivity contribution is 7.99. The number of hydrogen-bond acceptors (Lipinski definition) is 6. The summed E-state index contributed by atoms with van der Waals surface area (Å²) in [6, 6.07) is 16.1. The maximum absolute atomic E-state index is 13.8. The van der Waals surface area contributed by atoms with E-state index < -0.39 is 0 Å². The van der Waals surface area contributed by atoms with Gasteiger partial charge in [0.05, 0.1) is 29.9 Å². The Morgan fingerprint density at radius 2 is 1.78 bits per heavy atom. The number of thioether (sulfide) groups is 1. The quantitative estimate of drug-likeness (QED) is 0.346. The molecule has 1 aromatic heterocycles. The maximum Gasteiger partial charge on any atom is 0.262 e. The van der Waals surface area contributed by atoms with Crippen LogP contribution in [0.3, 0.4) is 0 Å². The topological polar surface area (TPSA) is 67.7 Å². The zero-order chi connectivity index (χ0) is 25.8. The fraction of sp³-hybridized carbons (Fsp3) is 0.483. The predicted molar refractivity (Wildman–Crippen MR) is 149 cm³/mol. The molecule has 5 rings (SSSR count). The van der Waals surface area contributed by atoms with Gasteiger partial charge >= 0.3 is 0 Å². The molecule has 2 fully saturated rings. The first kappa shape index (κ1) is 25.8. The SMILES string of the molecule is C[C@H]1C[C@H](C)CN(C(=O)CSc2nc3ccc(N4CCOCC4)cc3c(=O)n2CCc2ccccc2)C1. The van der Waals surface area contributed by atoms with Crippen molar-refractivity contribution in [1.29, 1.82) is 0 Å². The number of ether oxygens (including phenoxy) is 1. The average molecular weight is 521 g/mol. The number of benzene rings is 2. The van der Waals surface area contributed by atoms with E-state index in [0.717, 1.165) is 44.7 Å². The van der Waals surface area contributed by atoms with Crippen LogP contribution in [0.5, 0.6) is 0 Å². The van der Waals surface area contributed by atoms with Crippen LogP contribution in [0, 0.1) is 11.8 Å². The summed E-state index contributed by atoms with van der Waals surface area (Å²) in [4.78, 5) is 36.0. The Kier molecular flexibility index (Phi) is 8.15. The summed E-state index contributed by atoms with van der Waals surface area (Å²) in [5.41, 5.74) is 2.81. The van der Waals surface area contributed by atoms with Crippen LogP contribution in [-0.2, 0) is 22.5 Å². The first-order valence-corrected chi connectivity index (χ1v) is 14.3. The number of nitrogens with zero attached hydrogens (tertiary/aromatic N) is 4. The van der Waals surface area contributed by atoms with Crippen LogP contribution in [0.4, 0.5) is 5.69 Å². The van der Waals surface area contributed by atoms with Gasteiger partial charge in [0.25, 0.3) is 5.56 Å². The van der Waals surface area contributed by atoms with Crippen LogP contribution >= 0.6 is 11.8 Å². The molecule has 7 nitrogen and oxygen atoms in total. The van der Waals surface area contributed by atoms with Gasteiger partial charge in [-0.15, -0.1) is 0 Å². The minimum atomic E-state index is -0.0498. The lowest BCUT2D eigenvalue weighted by Crippen LogP contribution is -2.43. The van der Waals surface area contributed by atoms with E-state index >= 15 is 0 Å². The number of carbonyl (C=O) groups excluding carboxylic acids is 1. The van der Waals surface area contributed by atoms with Crippen molar-refractivity contribution in [3.05, 3.63) is 64.4 Å². The van der Waals surface area contributed by atoms with Gasteiger partial charge in [0.15, 0.2) is 5.16 Å². The van der Waals surface area contributed by atoms with Gasteiger partial charge < -0.3 is 14.5 Å². The van der Waals surface area contributed by atoms with E-state index in [1.54, 1.807) is 4.57 Å². The van der Waals surface area contributed by atoms with Crippen molar-refractivity contribution in [2.75, 3.05) is 50.0 Å². The Labute approximate surface area is 222 Å². The largest absolute Gasteiger partial charge is 0.378 e. The summed E-state index contributed by atoms with van der Waals surface area (Å²) in [5, 5.41) is 1.23. The zero-order valence-electron chi connectivity index (χ0n) is 21.8. The monoisotopic (exact) mass is 520 g/mol. The van der Waals surface area contributed by atoms with Crippen molar-refractivity contribution >= 4 is 34.3 Å². The number of likely N-dealkylation sites (tertiary alicyclic amines) is 1. The number of fused-ring (bicyclic) bond motifs is 1. The molecule has 0 radical (unpaired) electrons. The van der Waals surface area contributed by atoms with Crippen molar-refractivity contribution in [3.8, 4) is 0 Å². The molecule has 2 aliphatic rings. The van der Waals surface area contributed by atoms with Gasteiger partial charge in [0.2, 0.25) is 5.91 Å². The summed E-state index contributed by atoms with van der Waals surface area (Å²) in [6.45, 7) is 9.55. The number of aryl methyl sites for hydroxylation is 1. The van der Waals surface area contributed by atoms with Crippen molar-refractivity contribution in [3.63, 3.8) is 0 Å². The Balaban J connectivity index is 1.43. The van der Waals surface area contributed by atoms with Crippen LogP contribution in [0.1, 0.15) is 25.8 Å². The highest BCUT2D eigenvalue weighted by Crippen LogP contribution is 2.25. The lowest BCUT2D eigenvalue weighted by Gasteiger charge is -2.35. The number of morpholine rings is 1. The standard InChI is InChI=1S/C29H36N4O3S/c1-21-16-22(2)19-32(18-21)27(34)20-37-29-30-26-9-8-24(31-12-14-36-15-13-31)17-25(26)28(35)33(29)11-10-23-6-4-3-5-7-23/h3-9,17,21-22H,10-16,18-20H2,1-2H3/t21-,22-/m0/s1. The molecule has 2 aliphatic heterocycles. The fourth-order valence-corrected chi connectivity index (χ4v) is 6.41. The number of carbonyl (C=O) groups is 1. The van der Waals surface area contributed by atoms with Crippen LogP contribution in [-0.4, -0.2) is 65.5 Å². The van der Waals surface area contributed by atoms with Crippen LogP contribution in [0.25, 0.3) is 10.9 Å². The van der Waals surface area contributed by atoms with Gasteiger partial charge in [-0.05, 0) is 48.4 Å². The third kappa shape index (κ3) is 6.18. The van der Waals surface area contributed by atoms with Gasteiger partial charge in [-0.3, -0.25) is 14.2 Å². The third-order valence-electron chi connectivity index (χ3n) is 7.29. The van der Waals surface area contributed by atoms with Gasteiger partial charge in [-0.25, -0.2) is 4.98 Å². The van der Waals surface area contributed by atoms with E-state index in [2.05, 4.69) is 30.9 Å². The van der Waals surface area contributed by atoms with Crippen molar-refractivity contribution in [2.45, 2.75) is 38.4 Å². The number of rotatable bonds is 7. The number of amides is 1. The average Bonchev–Trinajstić information content (AvgIpc) is 2.91. The number of anilines is 1. The van der Waals surface area contributed by atoms with E-state index in [1.807, 2.05) is 41.3 Å². The number of piperidine rings is 1. The Hall–Kier alpha value is -2.84. The molecule has 0 N–H and O–H groups in total. The molecule has 0 aliphatic carbocycles. The van der Waals surface area contributed by atoms with E-state index in [0.29, 0.717) is 47.7 Å². The molecule has 2 atom stereocenters. The van der Waals surface area contributed by atoms with E-state index in [4.69, 9.17) is 9.72 Å². The Morgan fingerprint density at radius 3 is 2.51 bits per heavy atom. The number of hydrogen-bond donors (Lipinski definition) is 0. The van der Waals surface area contributed by atoms with Gasteiger partial charge in [0.1, 0.15) is 0 Å². The predicted octanol–water partition coefficient (Wildman–Crippen LogP) is 4.07.